The lowest BCUT2D eigenvalue weighted by atomic mass is 9.99. The summed E-state index contributed by atoms with van der Waals surface area (Å²) in [6, 6.07) is 11.2. The van der Waals surface area contributed by atoms with Crippen molar-refractivity contribution in [1.29, 1.82) is 0 Å². The minimum Gasteiger partial charge on any atom is -0.338 e. The molecule has 0 aliphatic heterocycles. The molecule has 1 nitrogen and oxygen atoms in total. The fourth-order valence-corrected chi connectivity index (χ4v) is 2.85. The van der Waals surface area contributed by atoms with E-state index in [1.807, 2.05) is 0 Å². The van der Waals surface area contributed by atoms with E-state index in [4.69, 9.17) is 0 Å². The third kappa shape index (κ3) is 2.77. The molecule has 0 saturated heterocycles. The van der Waals surface area contributed by atoms with Gasteiger partial charge in [-0.05, 0) is 44.4 Å². The maximum absolute atomic E-state index is 2.49. The first-order valence-electron chi connectivity index (χ1n) is 7.38. The Labute approximate surface area is 121 Å². The molecule has 0 radical (unpaired) electrons. The molecule has 0 heterocycles. The van der Waals surface area contributed by atoms with E-state index < -0.39 is 0 Å². The molecular formula is C19H21N. The summed E-state index contributed by atoms with van der Waals surface area (Å²) < 4.78 is 0. The molecule has 1 unspecified atom stereocenters. The summed E-state index contributed by atoms with van der Waals surface area (Å²) in [7, 11) is 0. The second-order valence-corrected chi connectivity index (χ2v) is 5.49. The van der Waals surface area contributed by atoms with Gasteiger partial charge in [-0.1, -0.05) is 54.2 Å². The van der Waals surface area contributed by atoms with E-state index in [0.717, 1.165) is 12.8 Å². The van der Waals surface area contributed by atoms with Crippen LogP contribution in [0.2, 0.25) is 0 Å². The maximum atomic E-state index is 2.49. The third-order valence-corrected chi connectivity index (χ3v) is 3.97. The van der Waals surface area contributed by atoms with E-state index in [-0.39, 0.29) is 0 Å². The summed E-state index contributed by atoms with van der Waals surface area (Å²) >= 11 is 0. The summed E-state index contributed by atoms with van der Waals surface area (Å²) in [5.41, 5.74) is 4.18. The molecule has 1 atom stereocenters. The standard InChI is InChI=1S/C19H21N/c1-16-12-14-19(15-13-16)20(17-8-4-2-5-9-17)18-10-6-3-7-11-18/h2-10,12,14,18H,11,13,15H2,1H3. The molecule has 3 rings (SSSR count). The van der Waals surface area contributed by atoms with Gasteiger partial charge >= 0.3 is 0 Å². The first-order valence-corrected chi connectivity index (χ1v) is 7.38. The van der Waals surface area contributed by atoms with E-state index in [1.165, 1.54) is 23.4 Å². The van der Waals surface area contributed by atoms with Gasteiger partial charge in [-0.3, -0.25) is 0 Å². The van der Waals surface area contributed by atoms with Gasteiger partial charge in [0.2, 0.25) is 0 Å². The smallest absolute Gasteiger partial charge is 0.0556 e. The highest BCUT2D eigenvalue weighted by atomic mass is 15.2. The van der Waals surface area contributed by atoms with Gasteiger partial charge < -0.3 is 4.90 Å². The van der Waals surface area contributed by atoms with Crippen LogP contribution in [0.15, 0.2) is 78.1 Å². The number of hydrogen-bond acceptors (Lipinski definition) is 1. The topological polar surface area (TPSA) is 3.24 Å². The minimum atomic E-state index is 0.431. The van der Waals surface area contributed by atoms with E-state index in [1.54, 1.807) is 0 Å². The lowest BCUT2D eigenvalue weighted by Gasteiger charge is -2.35. The SMILES string of the molecule is CC1=CC=C(N(c2ccccc2)C2C=CC=CC2)CC1. The Morgan fingerprint density at radius 2 is 1.85 bits per heavy atom. The van der Waals surface area contributed by atoms with Crippen LogP contribution in [-0.2, 0) is 0 Å². The lowest BCUT2D eigenvalue weighted by Crippen LogP contribution is -2.34. The van der Waals surface area contributed by atoms with E-state index in [2.05, 4.69) is 78.6 Å². The van der Waals surface area contributed by atoms with Crippen LogP contribution in [0, 0.1) is 0 Å². The third-order valence-electron chi connectivity index (χ3n) is 3.97. The lowest BCUT2D eigenvalue weighted by molar-refractivity contribution is 0.714. The summed E-state index contributed by atoms with van der Waals surface area (Å²) in [4.78, 5) is 2.49. The van der Waals surface area contributed by atoms with Gasteiger partial charge in [0.15, 0.2) is 0 Å². The highest BCUT2D eigenvalue weighted by Gasteiger charge is 2.21. The predicted molar refractivity (Wildman–Crippen MR) is 86.7 cm³/mol. The largest absolute Gasteiger partial charge is 0.338 e. The first-order chi connectivity index (χ1) is 9.84. The summed E-state index contributed by atoms with van der Waals surface area (Å²) in [6.45, 7) is 2.21. The molecule has 1 aromatic carbocycles. The normalized spacial score (nSPS) is 21.4. The van der Waals surface area contributed by atoms with E-state index in [0.29, 0.717) is 6.04 Å². The molecule has 1 heteroatoms. The van der Waals surface area contributed by atoms with Crippen molar-refractivity contribution in [2.24, 2.45) is 0 Å². The van der Waals surface area contributed by atoms with Gasteiger partial charge in [0.1, 0.15) is 0 Å². The highest BCUT2D eigenvalue weighted by Crippen LogP contribution is 2.30. The van der Waals surface area contributed by atoms with Gasteiger partial charge in [-0.15, -0.1) is 0 Å². The zero-order valence-corrected chi connectivity index (χ0v) is 12.0. The molecule has 0 N–H and O–H groups in total. The average Bonchev–Trinajstić information content (AvgIpc) is 2.52. The molecule has 0 spiro atoms. The molecule has 0 aromatic heterocycles. The fourth-order valence-electron chi connectivity index (χ4n) is 2.85. The molecule has 20 heavy (non-hydrogen) atoms. The number of anilines is 1. The Morgan fingerprint density at radius 1 is 1.00 bits per heavy atom. The second kappa shape index (κ2) is 5.96. The van der Waals surface area contributed by atoms with Crippen LogP contribution in [-0.4, -0.2) is 6.04 Å². The van der Waals surface area contributed by atoms with Crippen molar-refractivity contribution in [3.05, 3.63) is 78.1 Å². The highest BCUT2D eigenvalue weighted by molar-refractivity contribution is 5.56. The molecule has 0 bridgehead atoms. The summed E-state index contributed by atoms with van der Waals surface area (Å²) in [6.07, 6.45) is 16.8. The van der Waals surface area contributed by atoms with Crippen molar-refractivity contribution in [3.8, 4) is 0 Å². The number of rotatable bonds is 3. The van der Waals surface area contributed by atoms with Gasteiger partial charge in [-0.2, -0.15) is 0 Å². The second-order valence-electron chi connectivity index (χ2n) is 5.49. The fraction of sp³-hybridized carbons (Fsp3) is 0.263. The number of allylic oxidation sites excluding steroid dienone is 6. The Kier molecular flexibility index (Phi) is 3.87. The van der Waals surface area contributed by atoms with Crippen LogP contribution in [0.5, 0.6) is 0 Å². The predicted octanol–water partition coefficient (Wildman–Crippen LogP) is 5.00. The zero-order valence-electron chi connectivity index (χ0n) is 12.0. The van der Waals surface area contributed by atoms with Crippen LogP contribution in [0.3, 0.4) is 0 Å². The molecular weight excluding hydrogens is 242 g/mol. The minimum absolute atomic E-state index is 0.431. The maximum Gasteiger partial charge on any atom is 0.0556 e. The number of benzene rings is 1. The van der Waals surface area contributed by atoms with Crippen LogP contribution < -0.4 is 4.90 Å². The van der Waals surface area contributed by atoms with Gasteiger partial charge in [0, 0.05) is 11.4 Å². The number of hydrogen-bond donors (Lipinski definition) is 0. The molecule has 0 amide bonds. The first kappa shape index (κ1) is 13.0. The number of nitrogens with zero attached hydrogens (tertiary/aromatic N) is 1. The van der Waals surface area contributed by atoms with Crippen LogP contribution in [0.25, 0.3) is 0 Å². The monoisotopic (exact) mass is 263 g/mol. The Balaban J connectivity index is 1.96. The Morgan fingerprint density at radius 3 is 2.50 bits per heavy atom. The van der Waals surface area contributed by atoms with Crippen molar-refractivity contribution in [1.82, 2.24) is 0 Å². The van der Waals surface area contributed by atoms with Crippen molar-refractivity contribution < 1.29 is 0 Å². The van der Waals surface area contributed by atoms with Crippen molar-refractivity contribution in [2.75, 3.05) is 4.90 Å². The summed E-state index contributed by atoms with van der Waals surface area (Å²) in [5.74, 6) is 0. The molecule has 0 saturated carbocycles. The van der Waals surface area contributed by atoms with E-state index in [9.17, 15) is 0 Å². The van der Waals surface area contributed by atoms with Gasteiger partial charge in [-0.25, -0.2) is 0 Å². The average molecular weight is 263 g/mol. The van der Waals surface area contributed by atoms with Crippen molar-refractivity contribution in [3.63, 3.8) is 0 Å². The van der Waals surface area contributed by atoms with Crippen LogP contribution in [0.4, 0.5) is 5.69 Å². The van der Waals surface area contributed by atoms with Crippen molar-refractivity contribution >= 4 is 5.69 Å². The van der Waals surface area contributed by atoms with Crippen LogP contribution in [0.1, 0.15) is 26.2 Å². The quantitative estimate of drug-likeness (QED) is 0.741. The number of para-hydroxylation sites is 1. The zero-order chi connectivity index (χ0) is 13.8. The molecule has 2 aliphatic rings. The Bertz CT molecular complexity index is 575. The van der Waals surface area contributed by atoms with Gasteiger partial charge in [0.25, 0.3) is 0 Å². The Hall–Kier alpha value is -2.02. The van der Waals surface area contributed by atoms with Crippen LogP contribution >= 0.6 is 0 Å². The van der Waals surface area contributed by atoms with Gasteiger partial charge in [0.05, 0.1) is 6.04 Å². The molecule has 0 fully saturated rings. The molecule has 2 aliphatic carbocycles. The van der Waals surface area contributed by atoms with E-state index >= 15 is 0 Å². The molecule has 1 aromatic rings. The summed E-state index contributed by atoms with van der Waals surface area (Å²) in [5, 5.41) is 0. The molecule has 102 valence electrons. The van der Waals surface area contributed by atoms with Crippen molar-refractivity contribution in [2.45, 2.75) is 32.2 Å².